The monoisotopic (exact) mass is 376 g/mol. The van der Waals surface area contributed by atoms with Gasteiger partial charge in [-0.15, -0.1) is 11.3 Å². The number of rotatable bonds is 5. The predicted molar refractivity (Wildman–Crippen MR) is 110 cm³/mol. The van der Waals surface area contributed by atoms with Crippen molar-refractivity contribution >= 4 is 33.3 Å². The van der Waals surface area contributed by atoms with Crippen LogP contribution in [0.4, 0.5) is 5.13 Å². The smallest absolute Gasteiger partial charge is 0.230 e. The molecule has 1 N–H and O–H groups in total. The molecule has 4 nitrogen and oxygen atoms in total. The SMILES string of the molecule is CC(C)c1ccc(CC(=O)Nc2nc(-c3cc4ccccc4o3)cs2)cc1. The summed E-state index contributed by atoms with van der Waals surface area (Å²) < 4.78 is 5.83. The molecule has 0 unspecified atom stereocenters. The molecule has 2 aromatic carbocycles. The second kappa shape index (κ2) is 7.37. The largest absolute Gasteiger partial charge is 0.454 e. The molecule has 0 saturated heterocycles. The Hall–Kier alpha value is -2.92. The molecule has 27 heavy (non-hydrogen) atoms. The second-order valence-electron chi connectivity index (χ2n) is 6.81. The average Bonchev–Trinajstić information content (AvgIpc) is 3.28. The van der Waals surface area contributed by atoms with Gasteiger partial charge in [0.25, 0.3) is 0 Å². The number of furan rings is 1. The predicted octanol–water partition coefficient (Wildman–Crippen LogP) is 5.86. The van der Waals surface area contributed by atoms with Crippen molar-refractivity contribution in [2.75, 3.05) is 5.32 Å². The maximum Gasteiger partial charge on any atom is 0.230 e. The van der Waals surface area contributed by atoms with Crippen LogP contribution in [-0.4, -0.2) is 10.9 Å². The number of nitrogens with one attached hydrogen (secondary N) is 1. The van der Waals surface area contributed by atoms with Gasteiger partial charge in [-0.3, -0.25) is 4.79 Å². The Morgan fingerprint density at radius 3 is 2.67 bits per heavy atom. The summed E-state index contributed by atoms with van der Waals surface area (Å²) in [5.41, 5.74) is 3.82. The number of carbonyl (C=O) groups excluding carboxylic acids is 1. The van der Waals surface area contributed by atoms with Crippen molar-refractivity contribution < 1.29 is 9.21 Å². The highest BCUT2D eigenvalue weighted by atomic mass is 32.1. The first-order valence-corrected chi connectivity index (χ1v) is 9.79. The van der Waals surface area contributed by atoms with Crippen molar-refractivity contribution in [2.24, 2.45) is 0 Å². The third-order valence-electron chi connectivity index (χ3n) is 4.44. The summed E-state index contributed by atoms with van der Waals surface area (Å²) in [5.74, 6) is 1.12. The number of benzene rings is 2. The molecule has 0 aliphatic heterocycles. The van der Waals surface area contributed by atoms with Crippen LogP contribution in [0, 0.1) is 0 Å². The van der Waals surface area contributed by atoms with Crippen molar-refractivity contribution in [3.8, 4) is 11.5 Å². The van der Waals surface area contributed by atoms with Gasteiger partial charge < -0.3 is 9.73 Å². The van der Waals surface area contributed by atoms with Crippen LogP contribution < -0.4 is 5.32 Å². The number of para-hydroxylation sites is 1. The summed E-state index contributed by atoms with van der Waals surface area (Å²) in [7, 11) is 0. The fourth-order valence-corrected chi connectivity index (χ4v) is 3.64. The first kappa shape index (κ1) is 17.5. The van der Waals surface area contributed by atoms with Crippen LogP contribution in [-0.2, 0) is 11.2 Å². The Morgan fingerprint density at radius 1 is 1.15 bits per heavy atom. The van der Waals surface area contributed by atoms with Crippen molar-refractivity contribution in [3.63, 3.8) is 0 Å². The van der Waals surface area contributed by atoms with E-state index in [4.69, 9.17) is 4.42 Å². The highest BCUT2D eigenvalue weighted by molar-refractivity contribution is 7.14. The minimum absolute atomic E-state index is 0.0715. The molecule has 2 heterocycles. The summed E-state index contributed by atoms with van der Waals surface area (Å²) in [6.45, 7) is 4.31. The van der Waals surface area contributed by atoms with E-state index in [0.29, 0.717) is 23.2 Å². The lowest BCUT2D eigenvalue weighted by molar-refractivity contribution is -0.115. The van der Waals surface area contributed by atoms with E-state index in [2.05, 4.69) is 36.3 Å². The molecule has 1 amide bonds. The minimum Gasteiger partial charge on any atom is -0.454 e. The van der Waals surface area contributed by atoms with E-state index >= 15 is 0 Å². The minimum atomic E-state index is -0.0715. The van der Waals surface area contributed by atoms with E-state index in [1.807, 2.05) is 47.8 Å². The van der Waals surface area contributed by atoms with Crippen molar-refractivity contribution in [1.82, 2.24) is 4.98 Å². The van der Waals surface area contributed by atoms with Crippen LogP contribution in [0.5, 0.6) is 0 Å². The van der Waals surface area contributed by atoms with E-state index < -0.39 is 0 Å². The molecule has 2 aromatic heterocycles. The Labute approximate surface area is 161 Å². The fourth-order valence-electron chi connectivity index (χ4n) is 2.92. The lowest BCUT2D eigenvalue weighted by atomic mass is 10.0. The number of thiazole rings is 1. The first-order chi connectivity index (χ1) is 13.1. The Bertz CT molecular complexity index is 1040. The summed E-state index contributed by atoms with van der Waals surface area (Å²) in [6, 6.07) is 18.0. The first-order valence-electron chi connectivity index (χ1n) is 8.91. The highest BCUT2D eigenvalue weighted by Crippen LogP contribution is 2.30. The van der Waals surface area contributed by atoms with Gasteiger partial charge in [-0.25, -0.2) is 4.98 Å². The standard InChI is InChI=1S/C22H20N2O2S/c1-14(2)16-9-7-15(8-10-16)11-21(25)24-22-23-18(13-27-22)20-12-17-5-3-4-6-19(17)26-20/h3-10,12-14H,11H2,1-2H3,(H,23,24,25). The Morgan fingerprint density at radius 2 is 1.93 bits per heavy atom. The van der Waals surface area contributed by atoms with Crippen molar-refractivity contribution in [3.05, 3.63) is 71.1 Å². The van der Waals surface area contributed by atoms with Gasteiger partial charge in [-0.2, -0.15) is 0 Å². The zero-order valence-electron chi connectivity index (χ0n) is 15.2. The molecule has 0 fully saturated rings. The van der Waals surface area contributed by atoms with Crippen LogP contribution in [0.15, 0.2) is 64.4 Å². The van der Waals surface area contributed by atoms with E-state index in [1.54, 1.807) is 0 Å². The summed E-state index contributed by atoms with van der Waals surface area (Å²) in [5, 5.41) is 6.39. The van der Waals surface area contributed by atoms with Gasteiger partial charge in [0.2, 0.25) is 5.91 Å². The molecule has 4 aromatic rings. The number of anilines is 1. The van der Waals surface area contributed by atoms with Crippen LogP contribution in [0.1, 0.15) is 30.9 Å². The Kier molecular flexibility index (Phi) is 4.77. The molecular formula is C22H20N2O2S. The molecule has 0 spiro atoms. The molecule has 4 rings (SSSR count). The van der Waals surface area contributed by atoms with Gasteiger partial charge in [0.05, 0.1) is 6.42 Å². The van der Waals surface area contributed by atoms with Gasteiger partial charge in [-0.1, -0.05) is 56.3 Å². The molecule has 136 valence electrons. The molecule has 5 heteroatoms. The molecule has 0 radical (unpaired) electrons. The maximum atomic E-state index is 12.3. The van der Waals surface area contributed by atoms with E-state index in [-0.39, 0.29) is 5.91 Å². The summed E-state index contributed by atoms with van der Waals surface area (Å²) in [4.78, 5) is 16.8. The maximum absolute atomic E-state index is 12.3. The van der Waals surface area contributed by atoms with Crippen LogP contribution in [0.2, 0.25) is 0 Å². The molecule has 0 bridgehead atoms. The zero-order valence-corrected chi connectivity index (χ0v) is 16.0. The zero-order chi connectivity index (χ0) is 18.8. The van der Waals surface area contributed by atoms with Gasteiger partial charge in [0.15, 0.2) is 10.9 Å². The van der Waals surface area contributed by atoms with Crippen molar-refractivity contribution in [2.45, 2.75) is 26.2 Å². The number of nitrogens with zero attached hydrogens (tertiary/aromatic N) is 1. The lowest BCUT2D eigenvalue weighted by Gasteiger charge is -2.06. The van der Waals surface area contributed by atoms with Crippen LogP contribution >= 0.6 is 11.3 Å². The molecule has 0 saturated carbocycles. The number of carbonyl (C=O) groups is 1. The van der Waals surface area contributed by atoms with Crippen molar-refractivity contribution in [1.29, 1.82) is 0 Å². The summed E-state index contributed by atoms with van der Waals surface area (Å²) >= 11 is 1.40. The van der Waals surface area contributed by atoms with Crippen LogP contribution in [0.25, 0.3) is 22.4 Å². The second-order valence-corrected chi connectivity index (χ2v) is 7.67. The third-order valence-corrected chi connectivity index (χ3v) is 5.20. The number of amides is 1. The Balaban J connectivity index is 1.43. The lowest BCUT2D eigenvalue weighted by Crippen LogP contribution is -2.14. The van der Waals surface area contributed by atoms with Crippen LogP contribution in [0.3, 0.4) is 0 Å². The number of hydrogen-bond donors (Lipinski definition) is 1. The van der Waals surface area contributed by atoms with Gasteiger partial charge in [0.1, 0.15) is 11.3 Å². The highest BCUT2D eigenvalue weighted by Gasteiger charge is 2.12. The number of aromatic nitrogens is 1. The number of fused-ring (bicyclic) bond motifs is 1. The molecule has 0 aliphatic carbocycles. The number of hydrogen-bond acceptors (Lipinski definition) is 4. The topological polar surface area (TPSA) is 55.1 Å². The van der Waals surface area contributed by atoms with Gasteiger partial charge in [0, 0.05) is 10.8 Å². The van der Waals surface area contributed by atoms with Gasteiger partial charge in [-0.05, 0) is 29.2 Å². The average molecular weight is 376 g/mol. The third kappa shape index (κ3) is 3.93. The molecular weight excluding hydrogens is 356 g/mol. The summed E-state index contributed by atoms with van der Waals surface area (Å²) in [6.07, 6.45) is 0.331. The van der Waals surface area contributed by atoms with E-state index in [9.17, 15) is 4.79 Å². The fraction of sp³-hybridized carbons (Fsp3) is 0.182. The normalized spacial score (nSPS) is 11.2. The molecule has 0 atom stereocenters. The van der Waals surface area contributed by atoms with E-state index in [0.717, 1.165) is 22.2 Å². The molecule has 0 aliphatic rings. The van der Waals surface area contributed by atoms with E-state index in [1.165, 1.54) is 16.9 Å². The van der Waals surface area contributed by atoms with Gasteiger partial charge >= 0.3 is 0 Å². The quantitative estimate of drug-likeness (QED) is 0.474.